The molecule has 0 saturated carbocycles. The normalized spacial score (nSPS) is 9.31. The van der Waals surface area contributed by atoms with Crippen molar-refractivity contribution in [2.24, 2.45) is 0 Å². The second-order valence-corrected chi connectivity index (χ2v) is 4.00. The summed E-state index contributed by atoms with van der Waals surface area (Å²) in [5, 5.41) is 4.64. The molecule has 1 rings (SSSR count). The van der Waals surface area contributed by atoms with Gasteiger partial charge in [-0.15, -0.1) is 11.3 Å². The summed E-state index contributed by atoms with van der Waals surface area (Å²) in [6.45, 7) is 4.25. The molecule has 1 heterocycles. The number of thiophene rings is 1. The minimum Gasteiger partial charge on any atom is -0.323 e. The van der Waals surface area contributed by atoms with E-state index in [1.54, 1.807) is 11.3 Å². The molecule has 0 aliphatic carbocycles. The van der Waals surface area contributed by atoms with Crippen LogP contribution in [0.25, 0.3) is 0 Å². The van der Waals surface area contributed by atoms with E-state index in [-0.39, 0.29) is 0 Å². The lowest BCUT2D eigenvalue weighted by Gasteiger charge is -1.95. The van der Waals surface area contributed by atoms with Crippen LogP contribution in [0.15, 0.2) is 11.4 Å². The molecular weight excluding hydrogens is 182 g/mol. The molecule has 13 heavy (non-hydrogen) atoms. The van der Waals surface area contributed by atoms with Crippen LogP contribution >= 0.6 is 11.3 Å². The maximum atomic E-state index is 10.2. The number of rotatable bonds is 2. The molecule has 0 bridgehead atoms. The first-order valence-electron chi connectivity index (χ1n) is 4.27. The molecule has 0 spiro atoms. The minimum absolute atomic E-state index is 0.540. The second-order valence-electron chi connectivity index (χ2n) is 3.05. The first-order valence-corrected chi connectivity index (χ1v) is 5.15. The van der Waals surface area contributed by atoms with Gasteiger partial charge in [-0.25, -0.2) is 0 Å². The average molecular weight is 199 g/mol. The van der Waals surface area contributed by atoms with Crippen LogP contribution in [-0.4, -0.2) is 20.4 Å². The highest BCUT2D eigenvalue weighted by Crippen LogP contribution is 2.21. The van der Waals surface area contributed by atoms with Crippen molar-refractivity contribution >= 4 is 17.6 Å². The van der Waals surface area contributed by atoms with E-state index in [0.29, 0.717) is 5.92 Å². The molecule has 0 fully saturated rings. The maximum Gasteiger partial charge on any atom is 0.150 e. The monoisotopic (exact) mass is 199 g/mol. The Morgan fingerprint density at radius 2 is 2.00 bits per heavy atom. The Morgan fingerprint density at radius 1 is 1.46 bits per heavy atom. The SMILES string of the molecule is CC(C)c1cc(C=O)cs1.CNC. The largest absolute Gasteiger partial charge is 0.323 e. The fourth-order valence-corrected chi connectivity index (χ4v) is 1.60. The standard InChI is InChI=1S/C8H10OS.C2H7N/c1-6(2)8-3-7(4-9)5-10-8;1-3-2/h3-6H,1-2H3;3H,1-2H3. The van der Waals surface area contributed by atoms with E-state index >= 15 is 0 Å². The molecule has 0 aliphatic rings. The fourth-order valence-electron chi connectivity index (χ4n) is 0.733. The van der Waals surface area contributed by atoms with Crippen molar-refractivity contribution in [3.63, 3.8) is 0 Å². The highest BCUT2D eigenvalue weighted by atomic mass is 32.1. The summed E-state index contributed by atoms with van der Waals surface area (Å²) >= 11 is 1.65. The van der Waals surface area contributed by atoms with Gasteiger partial charge in [0.15, 0.2) is 6.29 Å². The first-order chi connectivity index (χ1) is 6.15. The zero-order valence-corrected chi connectivity index (χ0v) is 9.44. The highest BCUT2D eigenvalue weighted by molar-refractivity contribution is 7.10. The number of hydrogen-bond donors (Lipinski definition) is 1. The maximum absolute atomic E-state index is 10.2. The highest BCUT2D eigenvalue weighted by Gasteiger charge is 2.01. The van der Waals surface area contributed by atoms with E-state index in [1.807, 2.05) is 25.5 Å². The summed E-state index contributed by atoms with van der Waals surface area (Å²) in [6.07, 6.45) is 0.891. The molecule has 0 saturated heterocycles. The zero-order chi connectivity index (χ0) is 10.3. The lowest BCUT2D eigenvalue weighted by atomic mass is 10.1. The Hall–Kier alpha value is -0.670. The van der Waals surface area contributed by atoms with Gasteiger partial charge >= 0.3 is 0 Å². The van der Waals surface area contributed by atoms with Crippen LogP contribution in [0.2, 0.25) is 0 Å². The average Bonchev–Trinajstić information content (AvgIpc) is 2.53. The van der Waals surface area contributed by atoms with Crippen molar-refractivity contribution in [2.75, 3.05) is 14.1 Å². The lowest BCUT2D eigenvalue weighted by molar-refractivity contribution is 0.112. The van der Waals surface area contributed by atoms with Crippen molar-refractivity contribution < 1.29 is 4.79 Å². The van der Waals surface area contributed by atoms with Crippen LogP contribution < -0.4 is 5.32 Å². The third-order valence-corrected chi connectivity index (χ3v) is 2.60. The molecule has 2 nitrogen and oxygen atoms in total. The summed E-state index contributed by atoms with van der Waals surface area (Å²) in [5.41, 5.74) is 0.800. The van der Waals surface area contributed by atoms with Crippen LogP contribution in [0.3, 0.4) is 0 Å². The number of hydrogen-bond acceptors (Lipinski definition) is 3. The summed E-state index contributed by atoms with van der Waals surface area (Å²) < 4.78 is 0. The van der Waals surface area contributed by atoms with Crippen molar-refractivity contribution in [1.29, 1.82) is 0 Å². The van der Waals surface area contributed by atoms with Crippen LogP contribution in [0, 0.1) is 0 Å². The van der Waals surface area contributed by atoms with E-state index in [4.69, 9.17) is 0 Å². The second kappa shape index (κ2) is 6.80. The van der Waals surface area contributed by atoms with Gasteiger partial charge in [-0.05, 0) is 26.1 Å². The van der Waals surface area contributed by atoms with Gasteiger partial charge in [0.2, 0.25) is 0 Å². The molecule has 0 aliphatic heterocycles. The Morgan fingerprint density at radius 3 is 2.23 bits per heavy atom. The Bertz CT molecular complexity index is 243. The van der Waals surface area contributed by atoms with Gasteiger partial charge in [-0.3, -0.25) is 4.79 Å². The molecular formula is C10H17NOS. The fraction of sp³-hybridized carbons (Fsp3) is 0.500. The van der Waals surface area contributed by atoms with E-state index in [2.05, 4.69) is 19.2 Å². The van der Waals surface area contributed by atoms with E-state index < -0.39 is 0 Å². The quantitative estimate of drug-likeness (QED) is 0.742. The Kier molecular flexibility index (Phi) is 6.45. The van der Waals surface area contributed by atoms with Gasteiger partial charge in [0.05, 0.1) is 0 Å². The number of nitrogens with one attached hydrogen (secondary N) is 1. The summed E-state index contributed by atoms with van der Waals surface area (Å²) in [4.78, 5) is 11.5. The van der Waals surface area contributed by atoms with Gasteiger partial charge in [0.1, 0.15) is 0 Å². The lowest BCUT2D eigenvalue weighted by Crippen LogP contribution is -1.89. The van der Waals surface area contributed by atoms with Gasteiger partial charge in [0.25, 0.3) is 0 Å². The molecule has 0 radical (unpaired) electrons. The summed E-state index contributed by atoms with van der Waals surface area (Å²) in [5.74, 6) is 0.540. The van der Waals surface area contributed by atoms with E-state index in [0.717, 1.165) is 11.8 Å². The van der Waals surface area contributed by atoms with Crippen LogP contribution in [-0.2, 0) is 0 Å². The zero-order valence-electron chi connectivity index (χ0n) is 8.63. The third kappa shape index (κ3) is 4.80. The molecule has 0 atom stereocenters. The Balaban J connectivity index is 0.000000424. The molecule has 0 aromatic carbocycles. The predicted molar refractivity (Wildman–Crippen MR) is 58.8 cm³/mol. The summed E-state index contributed by atoms with van der Waals surface area (Å²) in [7, 11) is 3.75. The molecule has 1 aromatic rings. The van der Waals surface area contributed by atoms with Gasteiger partial charge in [-0.2, -0.15) is 0 Å². The number of aldehydes is 1. The first kappa shape index (κ1) is 12.3. The van der Waals surface area contributed by atoms with Gasteiger partial charge < -0.3 is 5.32 Å². The molecule has 74 valence electrons. The van der Waals surface area contributed by atoms with Crippen molar-refractivity contribution in [2.45, 2.75) is 19.8 Å². The van der Waals surface area contributed by atoms with E-state index in [1.165, 1.54) is 4.88 Å². The van der Waals surface area contributed by atoms with E-state index in [9.17, 15) is 4.79 Å². The molecule has 1 N–H and O–H groups in total. The van der Waals surface area contributed by atoms with Crippen molar-refractivity contribution in [3.05, 3.63) is 21.9 Å². The Labute approximate surface area is 84.0 Å². The third-order valence-electron chi connectivity index (χ3n) is 1.35. The molecule has 0 amide bonds. The van der Waals surface area contributed by atoms with Crippen LogP contribution in [0.4, 0.5) is 0 Å². The number of carbonyl (C=O) groups is 1. The van der Waals surface area contributed by atoms with Gasteiger partial charge in [-0.1, -0.05) is 13.8 Å². The van der Waals surface area contributed by atoms with Crippen molar-refractivity contribution in [3.8, 4) is 0 Å². The number of carbonyl (C=O) groups excluding carboxylic acids is 1. The predicted octanol–water partition coefficient (Wildman–Crippen LogP) is 2.52. The van der Waals surface area contributed by atoms with Crippen LogP contribution in [0.1, 0.15) is 35.0 Å². The van der Waals surface area contributed by atoms with Crippen molar-refractivity contribution in [1.82, 2.24) is 5.32 Å². The molecule has 3 heteroatoms. The van der Waals surface area contributed by atoms with Gasteiger partial charge in [0, 0.05) is 15.8 Å². The molecule has 1 aromatic heterocycles. The summed E-state index contributed by atoms with van der Waals surface area (Å²) in [6, 6.07) is 1.95. The van der Waals surface area contributed by atoms with Crippen LogP contribution in [0.5, 0.6) is 0 Å². The smallest absolute Gasteiger partial charge is 0.150 e. The topological polar surface area (TPSA) is 29.1 Å². The molecule has 0 unspecified atom stereocenters. The minimum atomic E-state index is 0.540.